The van der Waals surface area contributed by atoms with Crippen molar-refractivity contribution in [1.29, 1.82) is 0 Å². The lowest BCUT2D eigenvalue weighted by molar-refractivity contribution is -0.0896. The van der Waals surface area contributed by atoms with Crippen LogP contribution in [-0.4, -0.2) is 28.2 Å². The van der Waals surface area contributed by atoms with Crippen LogP contribution >= 0.6 is 0 Å². The number of unbranched alkanes of at least 4 members (excludes halogenated alkanes) is 1. The Labute approximate surface area is 179 Å². The number of amides is 1. The third-order valence-corrected chi connectivity index (χ3v) is 6.73. The SMILES string of the molecule is CCCCc1ccc(C2(O)CC3CCCC(C2)N3C(=O)OCc2ccccc2)cc1. The second-order valence-corrected chi connectivity index (χ2v) is 8.93. The van der Waals surface area contributed by atoms with E-state index in [1.807, 2.05) is 35.2 Å². The first-order valence-corrected chi connectivity index (χ1v) is 11.4. The van der Waals surface area contributed by atoms with Crippen molar-refractivity contribution in [1.82, 2.24) is 4.90 Å². The van der Waals surface area contributed by atoms with E-state index in [-0.39, 0.29) is 18.2 Å². The van der Waals surface area contributed by atoms with Crippen molar-refractivity contribution in [3.63, 3.8) is 0 Å². The van der Waals surface area contributed by atoms with Crippen molar-refractivity contribution in [3.8, 4) is 0 Å². The largest absolute Gasteiger partial charge is 0.445 e. The van der Waals surface area contributed by atoms with Crippen LogP contribution in [0.3, 0.4) is 0 Å². The molecule has 2 heterocycles. The maximum atomic E-state index is 12.9. The van der Waals surface area contributed by atoms with Crippen LogP contribution in [-0.2, 0) is 23.4 Å². The monoisotopic (exact) mass is 407 g/mol. The lowest BCUT2D eigenvalue weighted by Crippen LogP contribution is -2.58. The minimum atomic E-state index is -0.866. The molecule has 0 saturated carbocycles. The van der Waals surface area contributed by atoms with E-state index in [0.717, 1.165) is 36.8 Å². The third-order valence-electron chi connectivity index (χ3n) is 6.73. The van der Waals surface area contributed by atoms with Gasteiger partial charge < -0.3 is 14.7 Å². The zero-order valence-corrected chi connectivity index (χ0v) is 17.9. The highest BCUT2D eigenvalue weighted by Crippen LogP contribution is 2.44. The number of carbonyl (C=O) groups is 1. The molecule has 30 heavy (non-hydrogen) atoms. The van der Waals surface area contributed by atoms with Crippen molar-refractivity contribution in [2.75, 3.05) is 0 Å². The lowest BCUT2D eigenvalue weighted by Gasteiger charge is -2.51. The van der Waals surface area contributed by atoms with Gasteiger partial charge in [0.2, 0.25) is 0 Å². The smallest absolute Gasteiger partial charge is 0.410 e. The molecule has 0 radical (unpaired) electrons. The van der Waals surface area contributed by atoms with Crippen LogP contribution in [0.2, 0.25) is 0 Å². The summed E-state index contributed by atoms with van der Waals surface area (Å²) in [5.74, 6) is 0. The average Bonchev–Trinajstić information content (AvgIpc) is 2.76. The quantitative estimate of drug-likeness (QED) is 0.681. The molecule has 2 bridgehead atoms. The number of carbonyl (C=O) groups excluding carboxylic acids is 1. The van der Waals surface area contributed by atoms with Gasteiger partial charge in [-0.1, -0.05) is 67.9 Å². The van der Waals surface area contributed by atoms with Crippen LogP contribution in [0.1, 0.15) is 68.6 Å². The van der Waals surface area contributed by atoms with Crippen molar-refractivity contribution >= 4 is 6.09 Å². The Morgan fingerprint density at radius 3 is 2.33 bits per heavy atom. The van der Waals surface area contributed by atoms with Gasteiger partial charge in [0.05, 0.1) is 5.60 Å². The van der Waals surface area contributed by atoms with E-state index in [4.69, 9.17) is 4.74 Å². The van der Waals surface area contributed by atoms with Crippen LogP contribution in [0, 0.1) is 0 Å². The Bertz CT molecular complexity index is 819. The molecule has 160 valence electrons. The van der Waals surface area contributed by atoms with Gasteiger partial charge in [-0.15, -0.1) is 0 Å². The number of aliphatic hydroxyl groups is 1. The molecule has 2 unspecified atom stereocenters. The average molecular weight is 408 g/mol. The fraction of sp³-hybridized carbons (Fsp3) is 0.500. The summed E-state index contributed by atoms with van der Waals surface area (Å²) in [5.41, 5.74) is 2.44. The standard InChI is InChI=1S/C26H33NO3/c1-2-3-8-20-13-15-22(16-14-20)26(29)17-23-11-7-12-24(18-26)27(23)25(28)30-19-21-9-5-4-6-10-21/h4-6,9-10,13-16,23-24,29H,2-3,7-8,11-12,17-19H2,1H3. The van der Waals surface area contributed by atoms with E-state index in [9.17, 15) is 9.90 Å². The Morgan fingerprint density at radius 1 is 1.03 bits per heavy atom. The van der Waals surface area contributed by atoms with Gasteiger partial charge in [-0.25, -0.2) is 4.79 Å². The molecule has 4 nitrogen and oxygen atoms in total. The van der Waals surface area contributed by atoms with E-state index in [1.165, 1.54) is 18.4 Å². The molecule has 2 aliphatic rings. The molecule has 2 atom stereocenters. The fourth-order valence-corrected chi connectivity index (χ4v) is 5.12. The molecular formula is C26H33NO3. The normalized spacial score (nSPS) is 25.7. The van der Waals surface area contributed by atoms with Crippen LogP contribution in [0.15, 0.2) is 54.6 Å². The molecule has 2 fully saturated rings. The summed E-state index contributed by atoms with van der Waals surface area (Å²) >= 11 is 0. The predicted octanol–water partition coefficient (Wildman–Crippen LogP) is 5.57. The Balaban J connectivity index is 1.44. The topological polar surface area (TPSA) is 49.8 Å². The Hall–Kier alpha value is -2.33. The van der Waals surface area contributed by atoms with Crippen molar-refractivity contribution < 1.29 is 14.6 Å². The number of nitrogens with zero attached hydrogens (tertiary/aromatic N) is 1. The number of hydrogen-bond donors (Lipinski definition) is 1. The summed E-state index contributed by atoms with van der Waals surface area (Å²) in [5, 5.41) is 11.5. The number of hydrogen-bond acceptors (Lipinski definition) is 3. The molecule has 1 amide bonds. The molecule has 2 saturated heterocycles. The van der Waals surface area contributed by atoms with Crippen LogP contribution in [0.25, 0.3) is 0 Å². The summed E-state index contributed by atoms with van der Waals surface area (Å²) in [6.45, 7) is 2.49. The first-order valence-electron chi connectivity index (χ1n) is 11.4. The predicted molar refractivity (Wildman–Crippen MR) is 118 cm³/mol. The summed E-state index contributed by atoms with van der Waals surface area (Å²) < 4.78 is 5.64. The molecule has 2 aromatic rings. The van der Waals surface area contributed by atoms with E-state index in [1.54, 1.807) is 0 Å². The van der Waals surface area contributed by atoms with Gasteiger partial charge in [0.1, 0.15) is 6.61 Å². The number of rotatable bonds is 6. The third kappa shape index (κ3) is 4.54. The van der Waals surface area contributed by atoms with Gasteiger partial charge in [0, 0.05) is 24.9 Å². The minimum absolute atomic E-state index is 0.0329. The number of aryl methyl sites for hydroxylation is 1. The van der Waals surface area contributed by atoms with Crippen LogP contribution in [0.5, 0.6) is 0 Å². The number of benzene rings is 2. The maximum absolute atomic E-state index is 12.9. The molecule has 4 rings (SSSR count). The van der Waals surface area contributed by atoms with Crippen LogP contribution < -0.4 is 0 Å². The van der Waals surface area contributed by atoms with E-state index in [2.05, 4.69) is 31.2 Å². The first-order chi connectivity index (χ1) is 14.6. The number of fused-ring (bicyclic) bond motifs is 2. The number of piperidine rings is 2. The maximum Gasteiger partial charge on any atom is 0.410 e. The van der Waals surface area contributed by atoms with Crippen molar-refractivity contribution in [3.05, 3.63) is 71.3 Å². The zero-order chi connectivity index (χ0) is 21.0. The molecule has 0 aliphatic carbocycles. The highest BCUT2D eigenvalue weighted by atomic mass is 16.6. The van der Waals surface area contributed by atoms with Gasteiger partial charge in [0.15, 0.2) is 0 Å². The molecule has 4 heteroatoms. The summed E-state index contributed by atoms with van der Waals surface area (Å²) in [7, 11) is 0. The Morgan fingerprint density at radius 2 is 1.70 bits per heavy atom. The van der Waals surface area contributed by atoms with Gasteiger partial charge in [-0.05, 0) is 48.8 Å². The van der Waals surface area contributed by atoms with E-state index >= 15 is 0 Å². The fourth-order valence-electron chi connectivity index (χ4n) is 5.12. The zero-order valence-electron chi connectivity index (χ0n) is 17.9. The molecule has 2 aromatic carbocycles. The van der Waals surface area contributed by atoms with Crippen molar-refractivity contribution in [2.45, 2.75) is 82.6 Å². The molecule has 2 aliphatic heterocycles. The van der Waals surface area contributed by atoms with Crippen molar-refractivity contribution in [2.24, 2.45) is 0 Å². The van der Waals surface area contributed by atoms with Gasteiger partial charge in [-0.2, -0.15) is 0 Å². The van der Waals surface area contributed by atoms with Gasteiger partial charge in [-0.3, -0.25) is 0 Å². The number of ether oxygens (including phenoxy) is 1. The summed E-state index contributed by atoms with van der Waals surface area (Å²) in [6.07, 6.45) is 7.33. The molecule has 0 spiro atoms. The first kappa shape index (κ1) is 20.9. The van der Waals surface area contributed by atoms with Gasteiger partial charge >= 0.3 is 6.09 Å². The molecule has 0 aromatic heterocycles. The molecule has 1 N–H and O–H groups in total. The van der Waals surface area contributed by atoms with E-state index in [0.29, 0.717) is 19.4 Å². The summed E-state index contributed by atoms with van der Waals surface area (Å²) in [6, 6.07) is 18.3. The Kier molecular flexibility index (Phi) is 6.43. The lowest BCUT2D eigenvalue weighted by atomic mass is 9.72. The van der Waals surface area contributed by atoms with Crippen LogP contribution in [0.4, 0.5) is 4.79 Å². The van der Waals surface area contributed by atoms with E-state index < -0.39 is 5.60 Å². The second-order valence-electron chi connectivity index (χ2n) is 8.93. The van der Waals surface area contributed by atoms with Gasteiger partial charge in [0.25, 0.3) is 0 Å². The second kappa shape index (κ2) is 9.22. The molecular weight excluding hydrogens is 374 g/mol. The minimum Gasteiger partial charge on any atom is -0.445 e. The summed E-state index contributed by atoms with van der Waals surface area (Å²) in [4.78, 5) is 14.8. The highest BCUT2D eigenvalue weighted by Gasteiger charge is 2.48. The highest BCUT2D eigenvalue weighted by molar-refractivity contribution is 5.69.